The monoisotopic (exact) mass is 400 g/mol. The first kappa shape index (κ1) is 19.5. The molecule has 0 spiro atoms. The van der Waals surface area contributed by atoms with E-state index in [0.717, 1.165) is 28.3 Å². The first-order chi connectivity index (χ1) is 12.9. The molecule has 0 saturated carbocycles. The smallest absolute Gasteiger partial charge is 0.237 e. The van der Waals surface area contributed by atoms with Gasteiger partial charge in [-0.1, -0.05) is 47.6 Å². The number of amides is 1. The third-order valence-electron chi connectivity index (χ3n) is 4.24. The molecule has 27 heavy (non-hydrogen) atoms. The van der Waals surface area contributed by atoms with Crippen LogP contribution >= 0.6 is 23.4 Å². The van der Waals surface area contributed by atoms with E-state index in [0.29, 0.717) is 10.2 Å². The summed E-state index contributed by atoms with van der Waals surface area (Å²) in [6.45, 7) is 7.71. The number of rotatable bonds is 5. The molecular formula is C20H21ClN4OS. The van der Waals surface area contributed by atoms with E-state index in [1.54, 1.807) is 0 Å². The Kier molecular flexibility index (Phi) is 5.87. The van der Waals surface area contributed by atoms with Gasteiger partial charge in [0.15, 0.2) is 5.16 Å². The highest BCUT2D eigenvalue weighted by molar-refractivity contribution is 8.00. The van der Waals surface area contributed by atoms with Crippen LogP contribution in [-0.4, -0.2) is 25.9 Å². The van der Waals surface area contributed by atoms with Gasteiger partial charge in [-0.05, 0) is 57.0 Å². The minimum atomic E-state index is -0.342. The second-order valence-electron chi connectivity index (χ2n) is 6.36. The molecule has 3 aromatic rings. The molecule has 0 radical (unpaired) electrons. The molecule has 1 amide bonds. The van der Waals surface area contributed by atoms with Gasteiger partial charge in [0, 0.05) is 10.7 Å². The molecule has 0 aliphatic heterocycles. The molecule has 0 saturated heterocycles. The molecule has 0 aliphatic rings. The maximum absolute atomic E-state index is 12.7. The van der Waals surface area contributed by atoms with Crippen molar-refractivity contribution in [3.05, 3.63) is 64.4 Å². The Bertz CT molecular complexity index is 966. The molecule has 1 aromatic heterocycles. The zero-order chi connectivity index (χ0) is 19.6. The summed E-state index contributed by atoms with van der Waals surface area (Å²) in [5.41, 5.74) is 3.81. The lowest BCUT2D eigenvalue weighted by molar-refractivity contribution is -0.115. The summed E-state index contributed by atoms with van der Waals surface area (Å²) in [6.07, 6.45) is 0. The van der Waals surface area contributed by atoms with Crippen LogP contribution in [0.5, 0.6) is 0 Å². The number of thioether (sulfide) groups is 1. The SMILES string of the molecule is Cc1cccc(C)c1NC(=O)[C@H](C)Sc1nnc(C)n1-c1cccc(Cl)c1. The van der Waals surface area contributed by atoms with E-state index >= 15 is 0 Å². The van der Waals surface area contributed by atoms with Crippen molar-refractivity contribution in [2.45, 2.75) is 38.1 Å². The summed E-state index contributed by atoms with van der Waals surface area (Å²) in [7, 11) is 0. The minimum Gasteiger partial charge on any atom is -0.325 e. The second-order valence-corrected chi connectivity index (χ2v) is 8.11. The van der Waals surface area contributed by atoms with Gasteiger partial charge in [0.1, 0.15) is 5.82 Å². The fourth-order valence-electron chi connectivity index (χ4n) is 2.78. The van der Waals surface area contributed by atoms with Gasteiger partial charge in [-0.3, -0.25) is 9.36 Å². The largest absolute Gasteiger partial charge is 0.325 e. The van der Waals surface area contributed by atoms with Gasteiger partial charge >= 0.3 is 0 Å². The number of aromatic nitrogens is 3. The highest BCUT2D eigenvalue weighted by Gasteiger charge is 2.21. The highest BCUT2D eigenvalue weighted by Crippen LogP contribution is 2.28. The molecule has 0 fully saturated rings. The van der Waals surface area contributed by atoms with Gasteiger partial charge in [0.2, 0.25) is 5.91 Å². The predicted octanol–water partition coefficient (Wildman–Crippen LogP) is 4.97. The topological polar surface area (TPSA) is 59.8 Å². The summed E-state index contributed by atoms with van der Waals surface area (Å²) in [4.78, 5) is 12.7. The molecule has 1 N–H and O–H groups in total. The van der Waals surface area contributed by atoms with Crippen LogP contribution in [0.4, 0.5) is 5.69 Å². The molecule has 2 aromatic carbocycles. The third kappa shape index (κ3) is 4.34. The van der Waals surface area contributed by atoms with Crippen molar-refractivity contribution in [1.29, 1.82) is 0 Å². The van der Waals surface area contributed by atoms with E-state index in [-0.39, 0.29) is 11.2 Å². The van der Waals surface area contributed by atoms with E-state index in [1.165, 1.54) is 11.8 Å². The number of hydrogen-bond donors (Lipinski definition) is 1. The van der Waals surface area contributed by atoms with Crippen LogP contribution < -0.4 is 5.32 Å². The first-order valence-electron chi connectivity index (χ1n) is 8.58. The quantitative estimate of drug-likeness (QED) is 0.614. The van der Waals surface area contributed by atoms with Crippen molar-refractivity contribution in [1.82, 2.24) is 14.8 Å². The van der Waals surface area contributed by atoms with E-state index in [2.05, 4.69) is 15.5 Å². The standard InChI is InChI=1S/C20H21ClN4OS/c1-12-7-5-8-13(2)18(12)22-19(26)14(3)27-20-24-23-15(4)25(20)17-10-6-9-16(21)11-17/h5-11,14H,1-4H3,(H,22,26)/t14-/m0/s1. The number of aryl methyl sites for hydroxylation is 3. The Morgan fingerprint density at radius 3 is 2.44 bits per heavy atom. The second kappa shape index (κ2) is 8.15. The Morgan fingerprint density at radius 1 is 1.11 bits per heavy atom. The fraction of sp³-hybridized carbons (Fsp3) is 0.250. The average Bonchev–Trinajstić information content (AvgIpc) is 2.98. The van der Waals surface area contributed by atoms with Crippen LogP contribution in [-0.2, 0) is 4.79 Å². The van der Waals surface area contributed by atoms with E-state index in [4.69, 9.17) is 11.6 Å². The summed E-state index contributed by atoms with van der Waals surface area (Å²) >= 11 is 7.48. The Morgan fingerprint density at radius 2 is 1.78 bits per heavy atom. The summed E-state index contributed by atoms with van der Waals surface area (Å²) in [5, 5.41) is 12.4. The molecule has 3 rings (SSSR count). The predicted molar refractivity (Wildman–Crippen MR) is 111 cm³/mol. The van der Waals surface area contributed by atoms with Crippen molar-refractivity contribution < 1.29 is 4.79 Å². The zero-order valence-corrected chi connectivity index (χ0v) is 17.2. The average molecular weight is 401 g/mol. The van der Waals surface area contributed by atoms with Crippen LogP contribution in [0.1, 0.15) is 23.9 Å². The molecule has 0 bridgehead atoms. The Balaban J connectivity index is 1.81. The van der Waals surface area contributed by atoms with Crippen LogP contribution in [0.2, 0.25) is 5.02 Å². The van der Waals surface area contributed by atoms with Crippen molar-refractivity contribution in [2.75, 3.05) is 5.32 Å². The molecule has 1 heterocycles. The van der Waals surface area contributed by atoms with Crippen molar-refractivity contribution in [3.8, 4) is 5.69 Å². The normalized spacial score (nSPS) is 12.0. The van der Waals surface area contributed by atoms with Gasteiger partial charge in [-0.25, -0.2) is 0 Å². The van der Waals surface area contributed by atoms with Crippen molar-refractivity contribution >= 4 is 35.0 Å². The number of anilines is 1. The number of halogens is 1. The number of benzene rings is 2. The van der Waals surface area contributed by atoms with Gasteiger partial charge in [-0.2, -0.15) is 0 Å². The highest BCUT2D eigenvalue weighted by atomic mass is 35.5. The number of hydrogen-bond acceptors (Lipinski definition) is 4. The van der Waals surface area contributed by atoms with Crippen LogP contribution in [0.25, 0.3) is 5.69 Å². The number of para-hydroxylation sites is 1. The summed E-state index contributed by atoms with van der Waals surface area (Å²) in [6, 6.07) is 13.4. The van der Waals surface area contributed by atoms with Gasteiger partial charge in [0.05, 0.1) is 10.9 Å². The lowest BCUT2D eigenvalue weighted by Gasteiger charge is -2.16. The maximum atomic E-state index is 12.7. The molecule has 7 heteroatoms. The lowest BCUT2D eigenvalue weighted by Crippen LogP contribution is -2.23. The Labute approximate surface area is 168 Å². The van der Waals surface area contributed by atoms with Gasteiger partial charge in [-0.15, -0.1) is 10.2 Å². The number of nitrogens with one attached hydrogen (secondary N) is 1. The molecule has 140 valence electrons. The van der Waals surface area contributed by atoms with Crippen molar-refractivity contribution in [3.63, 3.8) is 0 Å². The van der Waals surface area contributed by atoms with Gasteiger partial charge < -0.3 is 5.32 Å². The lowest BCUT2D eigenvalue weighted by atomic mass is 10.1. The number of nitrogens with zero attached hydrogens (tertiary/aromatic N) is 3. The van der Waals surface area contributed by atoms with E-state index in [1.807, 2.05) is 74.7 Å². The summed E-state index contributed by atoms with van der Waals surface area (Å²) < 4.78 is 1.90. The third-order valence-corrected chi connectivity index (χ3v) is 5.52. The van der Waals surface area contributed by atoms with Crippen LogP contribution in [0.15, 0.2) is 47.6 Å². The van der Waals surface area contributed by atoms with E-state index in [9.17, 15) is 4.79 Å². The molecular weight excluding hydrogens is 380 g/mol. The van der Waals surface area contributed by atoms with Crippen LogP contribution in [0, 0.1) is 20.8 Å². The molecule has 0 unspecified atom stereocenters. The maximum Gasteiger partial charge on any atom is 0.237 e. The number of carbonyl (C=O) groups is 1. The fourth-order valence-corrected chi connectivity index (χ4v) is 3.88. The first-order valence-corrected chi connectivity index (χ1v) is 9.84. The molecule has 1 atom stereocenters. The van der Waals surface area contributed by atoms with Gasteiger partial charge in [0.25, 0.3) is 0 Å². The summed E-state index contributed by atoms with van der Waals surface area (Å²) in [5.74, 6) is 0.665. The minimum absolute atomic E-state index is 0.0734. The van der Waals surface area contributed by atoms with Crippen LogP contribution in [0.3, 0.4) is 0 Å². The Hall–Kier alpha value is -2.31. The van der Waals surface area contributed by atoms with E-state index < -0.39 is 0 Å². The zero-order valence-electron chi connectivity index (χ0n) is 15.7. The molecule has 5 nitrogen and oxygen atoms in total. The molecule has 0 aliphatic carbocycles. The van der Waals surface area contributed by atoms with Crippen molar-refractivity contribution in [2.24, 2.45) is 0 Å². The number of carbonyl (C=O) groups excluding carboxylic acids is 1.